The van der Waals surface area contributed by atoms with Gasteiger partial charge in [0.15, 0.2) is 0 Å². The van der Waals surface area contributed by atoms with E-state index >= 15 is 0 Å². The van der Waals surface area contributed by atoms with Crippen LogP contribution in [-0.2, 0) is 4.79 Å². The highest BCUT2D eigenvalue weighted by Gasteiger charge is 1.99. The normalized spacial score (nSPS) is 9.42. The van der Waals surface area contributed by atoms with Crippen molar-refractivity contribution in [2.24, 2.45) is 0 Å². The van der Waals surface area contributed by atoms with Crippen LogP contribution in [0.3, 0.4) is 0 Å². The molecule has 0 aliphatic rings. The van der Waals surface area contributed by atoms with Crippen LogP contribution in [0.2, 0.25) is 0 Å². The number of benzene rings is 1. The Balaban J connectivity index is 3.01. The van der Waals surface area contributed by atoms with Crippen molar-refractivity contribution in [3.8, 4) is 0 Å². The van der Waals surface area contributed by atoms with Crippen LogP contribution in [0.5, 0.6) is 0 Å². The molecule has 0 atom stereocenters. The van der Waals surface area contributed by atoms with Crippen LogP contribution in [0.25, 0.3) is 0 Å². The van der Waals surface area contributed by atoms with Gasteiger partial charge in [0.25, 0.3) is 0 Å². The zero-order chi connectivity index (χ0) is 8.97. The Morgan fingerprint density at radius 1 is 1.58 bits per heavy atom. The molecule has 0 aromatic heterocycles. The molecule has 0 aliphatic carbocycles. The van der Waals surface area contributed by atoms with Crippen molar-refractivity contribution >= 4 is 29.5 Å². The maximum absolute atomic E-state index is 10.2. The van der Waals surface area contributed by atoms with Crippen molar-refractivity contribution in [3.05, 3.63) is 18.2 Å². The average molecular weight is 182 g/mol. The molecule has 4 heteroatoms. The van der Waals surface area contributed by atoms with E-state index in [1.165, 1.54) is 0 Å². The highest BCUT2D eigenvalue weighted by Crippen LogP contribution is 2.26. The van der Waals surface area contributed by atoms with E-state index in [-0.39, 0.29) is 0 Å². The second-order valence-corrected chi connectivity index (χ2v) is 3.07. The summed E-state index contributed by atoms with van der Waals surface area (Å²) in [6.45, 7) is 0. The number of thioether (sulfide) groups is 1. The minimum atomic E-state index is 0.658. The first-order valence-corrected chi connectivity index (χ1v) is 4.64. The topological polar surface area (TPSA) is 55.1 Å². The molecule has 1 rings (SSSR count). The molecule has 3 N–H and O–H groups in total. The molecule has 0 spiro atoms. The van der Waals surface area contributed by atoms with Gasteiger partial charge in [-0.3, -0.25) is 4.79 Å². The van der Waals surface area contributed by atoms with Gasteiger partial charge in [-0.2, -0.15) is 0 Å². The molecule has 0 saturated heterocycles. The third kappa shape index (κ3) is 1.92. The fourth-order valence-corrected chi connectivity index (χ4v) is 1.49. The monoisotopic (exact) mass is 182 g/mol. The highest BCUT2D eigenvalue weighted by atomic mass is 32.2. The number of anilines is 2. The van der Waals surface area contributed by atoms with Crippen molar-refractivity contribution in [3.63, 3.8) is 0 Å². The van der Waals surface area contributed by atoms with E-state index in [9.17, 15) is 4.79 Å². The summed E-state index contributed by atoms with van der Waals surface area (Å²) < 4.78 is 0. The molecular formula is C8H10N2OS. The Labute approximate surface area is 75.3 Å². The lowest BCUT2D eigenvalue weighted by Gasteiger charge is -2.05. The second-order valence-electron chi connectivity index (χ2n) is 2.22. The number of nitrogens with two attached hydrogens (primary N) is 1. The quantitative estimate of drug-likeness (QED) is 0.423. The van der Waals surface area contributed by atoms with E-state index in [4.69, 9.17) is 5.73 Å². The summed E-state index contributed by atoms with van der Waals surface area (Å²) in [5, 5.41) is 2.60. The smallest absolute Gasteiger partial charge is 0.211 e. The molecule has 1 aromatic carbocycles. The summed E-state index contributed by atoms with van der Waals surface area (Å²) in [6, 6.07) is 5.37. The van der Waals surface area contributed by atoms with Crippen molar-refractivity contribution < 1.29 is 4.79 Å². The predicted molar refractivity (Wildman–Crippen MR) is 52.3 cm³/mol. The summed E-state index contributed by atoms with van der Waals surface area (Å²) in [6.07, 6.45) is 2.59. The van der Waals surface area contributed by atoms with Gasteiger partial charge in [0, 0.05) is 10.6 Å². The van der Waals surface area contributed by atoms with Crippen LogP contribution in [0.1, 0.15) is 0 Å². The Morgan fingerprint density at radius 2 is 2.33 bits per heavy atom. The van der Waals surface area contributed by atoms with Gasteiger partial charge in [-0.15, -0.1) is 11.8 Å². The summed E-state index contributed by atoms with van der Waals surface area (Å²) in [5.74, 6) is 0. The number of amides is 1. The fraction of sp³-hybridized carbons (Fsp3) is 0.125. The number of carbonyl (C=O) groups excluding carboxylic acids is 1. The molecule has 12 heavy (non-hydrogen) atoms. The molecule has 1 amide bonds. The average Bonchev–Trinajstić information content (AvgIpc) is 2.08. The molecule has 0 heterocycles. The van der Waals surface area contributed by atoms with Crippen LogP contribution in [0.4, 0.5) is 11.4 Å². The summed E-state index contributed by atoms with van der Waals surface area (Å²) in [4.78, 5) is 11.1. The van der Waals surface area contributed by atoms with Crippen molar-refractivity contribution in [1.29, 1.82) is 0 Å². The Kier molecular flexibility index (Phi) is 2.99. The Morgan fingerprint density at radius 3 is 2.92 bits per heavy atom. The molecule has 1 aromatic rings. The van der Waals surface area contributed by atoms with Gasteiger partial charge in [0.05, 0.1) is 5.69 Å². The van der Waals surface area contributed by atoms with E-state index in [2.05, 4.69) is 5.32 Å². The van der Waals surface area contributed by atoms with Crippen LogP contribution in [0.15, 0.2) is 23.1 Å². The standard InChI is InChI=1S/C8H10N2OS/c1-12-8-4-6(9)2-3-7(8)10-5-11/h2-5H,9H2,1H3,(H,10,11). The van der Waals surface area contributed by atoms with Crippen molar-refractivity contribution in [2.75, 3.05) is 17.3 Å². The highest BCUT2D eigenvalue weighted by molar-refractivity contribution is 7.98. The number of hydrogen-bond acceptors (Lipinski definition) is 3. The minimum Gasteiger partial charge on any atom is -0.399 e. The summed E-state index contributed by atoms with van der Waals surface area (Å²) in [5.41, 5.74) is 7.07. The molecule has 0 unspecified atom stereocenters. The fourth-order valence-electron chi connectivity index (χ4n) is 0.891. The summed E-state index contributed by atoms with van der Waals surface area (Å²) in [7, 11) is 0. The Hall–Kier alpha value is -1.16. The first-order valence-electron chi connectivity index (χ1n) is 3.41. The van der Waals surface area contributed by atoms with E-state index < -0.39 is 0 Å². The lowest BCUT2D eigenvalue weighted by atomic mass is 10.3. The number of rotatable bonds is 3. The molecule has 64 valence electrons. The molecule has 0 aliphatic heterocycles. The van der Waals surface area contributed by atoms with Gasteiger partial charge in [0.2, 0.25) is 6.41 Å². The van der Waals surface area contributed by atoms with Crippen LogP contribution >= 0.6 is 11.8 Å². The zero-order valence-corrected chi connectivity index (χ0v) is 7.52. The third-order valence-electron chi connectivity index (χ3n) is 1.44. The first-order chi connectivity index (χ1) is 5.77. The van der Waals surface area contributed by atoms with Crippen molar-refractivity contribution in [1.82, 2.24) is 0 Å². The predicted octanol–water partition coefficient (Wildman–Crippen LogP) is 1.56. The van der Waals surface area contributed by atoms with E-state index in [0.29, 0.717) is 12.1 Å². The maximum atomic E-state index is 10.2. The van der Waals surface area contributed by atoms with Gasteiger partial charge in [0.1, 0.15) is 0 Å². The lowest BCUT2D eigenvalue weighted by molar-refractivity contribution is -0.105. The first kappa shape index (κ1) is 8.93. The van der Waals surface area contributed by atoms with Crippen LogP contribution in [0, 0.1) is 0 Å². The molecule has 0 bridgehead atoms. The molecule has 0 saturated carbocycles. The molecular weight excluding hydrogens is 172 g/mol. The van der Waals surface area contributed by atoms with Crippen molar-refractivity contribution in [2.45, 2.75) is 4.90 Å². The van der Waals surface area contributed by atoms with Crippen LogP contribution < -0.4 is 11.1 Å². The molecule has 0 radical (unpaired) electrons. The second kappa shape index (κ2) is 4.01. The van der Waals surface area contributed by atoms with Gasteiger partial charge in [-0.1, -0.05) is 0 Å². The number of hydrogen-bond donors (Lipinski definition) is 2. The summed E-state index contributed by atoms with van der Waals surface area (Å²) >= 11 is 1.55. The largest absolute Gasteiger partial charge is 0.399 e. The van der Waals surface area contributed by atoms with Crippen LogP contribution in [-0.4, -0.2) is 12.7 Å². The Bertz CT molecular complexity index is 288. The third-order valence-corrected chi connectivity index (χ3v) is 2.22. The van der Waals surface area contributed by atoms with Gasteiger partial charge >= 0.3 is 0 Å². The van der Waals surface area contributed by atoms with Gasteiger partial charge in [-0.25, -0.2) is 0 Å². The van der Waals surface area contributed by atoms with E-state index in [1.807, 2.05) is 12.3 Å². The van der Waals surface area contributed by atoms with E-state index in [0.717, 1.165) is 10.6 Å². The van der Waals surface area contributed by atoms with Gasteiger partial charge < -0.3 is 11.1 Å². The molecule has 3 nitrogen and oxygen atoms in total. The number of nitrogens with one attached hydrogen (secondary N) is 1. The lowest BCUT2D eigenvalue weighted by Crippen LogP contribution is -1.96. The van der Waals surface area contributed by atoms with Gasteiger partial charge in [-0.05, 0) is 24.5 Å². The number of nitrogen functional groups attached to an aromatic ring is 1. The van der Waals surface area contributed by atoms with E-state index in [1.54, 1.807) is 23.9 Å². The number of carbonyl (C=O) groups is 1. The molecule has 0 fully saturated rings. The minimum absolute atomic E-state index is 0.658. The maximum Gasteiger partial charge on any atom is 0.211 e. The zero-order valence-electron chi connectivity index (χ0n) is 6.70. The SMILES string of the molecule is CSc1cc(N)ccc1NC=O.